The summed E-state index contributed by atoms with van der Waals surface area (Å²) in [6.07, 6.45) is 2.92. The third kappa shape index (κ3) is 3.66. The minimum absolute atomic E-state index is 0.145. The predicted octanol–water partition coefficient (Wildman–Crippen LogP) is 5.07. The minimum Gasteiger partial charge on any atom is -0.489 e. The molecule has 1 aliphatic rings. The molecule has 1 saturated carbocycles. The first-order valence-corrected chi connectivity index (χ1v) is 10.0. The monoisotopic (exact) mass is 405 g/mol. The van der Waals surface area contributed by atoms with Crippen LogP contribution in [-0.4, -0.2) is 14.5 Å². The van der Waals surface area contributed by atoms with E-state index in [0.717, 1.165) is 28.1 Å². The average Bonchev–Trinajstić information content (AvgIpc) is 3.30. The Bertz CT molecular complexity index is 1240. The van der Waals surface area contributed by atoms with Crippen LogP contribution in [-0.2, 0) is 6.61 Å². The van der Waals surface area contributed by atoms with E-state index < -0.39 is 0 Å². The minimum atomic E-state index is -0.145. The van der Waals surface area contributed by atoms with Crippen molar-refractivity contribution in [2.24, 2.45) is 5.92 Å². The maximum atomic E-state index is 12.6. The van der Waals surface area contributed by atoms with E-state index >= 15 is 0 Å². The van der Waals surface area contributed by atoms with E-state index in [2.05, 4.69) is 16.9 Å². The van der Waals surface area contributed by atoms with Crippen LogP contribution in [0.4, 0.5) is 0 Å². The van der Waals surface area contributed by atoms with Crippen molar-refractivity contribution in [3.05, 3.63) is 87.6 Å². The molecule has 1 aliphatic carbocycles. The van der Waals surface area contributed by atoms with Gasteiger partial charge in [0.05, 0.1) is 16.7 Å². The number of rotatable bonds is 5. The highest BCUT2D eigenvalue weighted by Crippen LogP contribution is 2.46. The molecule has 2 heterocycles. The van der Waals surface area contributed by atoms with Crippen molar-refractivity contribution in [3.8, 4) is 11.4 Å². The molecule has 0 saturated heterocycles. The Morgan fingerprint density at radius 1 is 1.17 bits per heavy atom. The number of benzene rings is 2. The molecule has 0 amide bonds. The SMILES string of the molecule is CC1CC1c1nc2ccc(-n3ccc(OCc4ccc(Cl)cc4)cc3=O)cc2[nH]1. The Morgan fingerprint density at radius 3 is 2.69 bits per heavy atom. The van der Waals surface area contributed by atoms with Gasteiger partial charge in [-0.1, -0.05) is 30.7 Å². The molecule has 29 heavy (non-hydrogen) atoms. The van der Waals surface area contributed by atoms with E-state index in [1.165, 1.54) is 12.5 Å². The van der Waals surface area contributed by atoms with Crippen molar-refractivity contribution in [2.75, 3.05) is 0 Å². The number of nitrogens with one attached hydrogen (secondary N) is 1. The Hall–Kier alpha value is -3.05. The second kappa shape index (κ2) is 7.08. The van der Waals surface area contributed by atoms with Crippen molar-refractivity contribution in [3.63, 3.8) is 0 Å². The molecule has 2 aromatic heterocycles. The lowest BCUT2D eigenvalue weighted by atomic mass is 10.2. The molecule has 146 valence electrons. The number of imidazole rings is 1. The summed E-state index contributed by atoms with van der Waals surface area (Å²) in [5.41, 5.74) is 3.52. The maximum absolute atomic E-state index is 12.6. The van der Waals surface area contributed by atoms with Gasteiger partial charge in [0.1, 0.15) is 18.2 Å². The highest BCUT2D eigenvalue weighted by atomic mass is 35.5. The number of fused-ring (bicyclic) bond motifs is 1. The van der Waals surface area contributed by atoms with Crippen LogP contribution < -0.4 is 10.3 Å². The Morgan fingerprint density at radius 2 is 1.97 bits per heavy atom. The number of ether oxygens (including phenoxy) is 1. The van der Waals surface area contributed by atoms with Gasteiger partial charge in [-0.05, 0) is 54.3 Å². The number of H-pyrrole nitrogens is 1. The van der Waals surface area contributed by atoms with E-state index in [4.69, 9.17) is 16.3 Å². The summed E-state index contributed by atoms with van der Waals surface area (Å²) in [7, 11) is 0. The zero-order valence-corrected chi connectivity index (χ0v) is 16.7. The van der Waals surface area contributed by atoms with Crippen molar-refractivity contribution in [1.82, 2.24) is 14.5 Å². The van der Waals surface area contributed by atoms with Crippen LogP contribution in [0.15, 0.2) is 65.6 Å². The van der Waals surface area contributed by atoms with Gasteiger partial charge in [0.2, 0.25) is 0 Å². The zero-order valence-electron chi connectivity index (χ0n) is 15.9. The molecule has 0 aliphatic heterocycles. The van der Waals surface area contributed by atoms with Gasteiger partial charge in [-0.2, -0.15) is 0 Å². The summed E-state index contributed by atoms with van der Waals surface area (Å²) in [6, 6.07) is 16.6. The summed E-state index contributed by atoms with van der Waals surface area (Å²) in [5.74, 6) is 2.81. The van der Waals surface area contributed by atoms with Gasteiger partial charge < -0.3 is 9.72 Å². The lowest BCUT2D eigenvalue weighted by molar-refractivity contribution is 0.305. The molecule has 6 heteroatoms. The number of nitrogens with zero attached hydrogens (tertiary/aromatic N) is 2. The van der Waals surface area contributed by atoms with Crippen LogP contribution in [0.2, 0.25) is 5.02 Å². The van der Waals surface area contributed by atoms with Gasteiger partial charge in [0.25, 0.3) is 5.56 Å². The summed E-state index contributed by atoms with van der Waals surface area (Å²) in [4.78, 5) is 20.7. The van der Waals surface area contributed by atoms with Crippen molar-refractivity contribution in [1.29, 1.82) is 0 Å². The average molecular weight is 406 g/mol. The Labute approximate surface area is 172 Å². The molecule has 2 atom stereocenters. The van der Waals surface area contributed by atoms with Crippen LogP contribution in [0.5, 0.6) is 5.75 Å². The van der Waals surface area contributed by atoms with Crippen LogP contribution in [0.1, 0.15) is 30.7 Å². The van der Waals surface area contributed by atoms with Gasteiger partial charge in [-0.15, -0.1) is 0 Å². The third-order valence-electron chi connectivity index (χ3n) is 5.43. The summed E-state index contributed by atoms with van der Waals surface area (Å²) < 4.78 is 7.35. The Balaban J connectivity index is 1.36. The van der Waals surface area contributed by atoms with Gasteiger partial charge in [-0.3, -0.25) is 9.36 Å². The van der Waals surface area contributed by atoms with Crippen LogP contribution in [0.3, 0.4) is 0 Å². The fourth-order valence-electron chi connectivity index (χ4n) is 3.56. The zero-order chi connectivity index (χ0) is 20.0. The lowest BCUT2D eigenvalue weighted by Gasteiger charge is -2.09. The molecule has 5 nitrogen and oxygen atoms in total. The normalized spacial score (nSPS) is 18.1. The summed E-state index contributed by atoms with van der Waals surface area (Å²) >= 11 is 5.90. The second-order valence-corrected chi connectivity index (χ2v) is 8.07. The van der Waals surface area contributed by atoms with Crippen LogP contribution in [0, 0.1) is 5.92 Å². The fourth-order valence-corrected chi connectivity index (χ4v) is 3.68. The number of pyridine rings is 1. The summed E-state index contributed by atoms with van der Waals surface area (Å²) in [6.45, 7) is 2.61. The number of aromatic amines is 1. The topological polar surface area (TPSA) is 59.9 Å². The van der Waals surface area contributed by atoms with Gasteiger partial charge in [-0.25, -0.2) is 4.98 Å². The van der Waals surface area contributed by atoms with E-state index in [0.29, 0.717) is 29.2 Å². The van der Waals surface area contributed by atoms with E-state index in [9.17, 15) is 4.79 Å². The molecule has 1 N–H and O–H groups in total. The van der Waals surface area contributed by atoms with Crippen LogP contribution >= 0.6 is 11.6 Å². The molecule has 2 aromatic carbocycles. The molecule has 4 aromatic rings. The molecular formula is C23H20ClN3O2. The second-order valence-electron chi connectivity index (χ2n) is 7.63. The first-order chi connectivity index (χ1) is 14.1. The quantitative estimate of drug-likeness (QED) is 0.504. The molecule has 5 rings (SSSR count). The number of aromatic nitrogens is 3. The molecule has 2 unspecified atom stereocenters. The first-order valence-electron chi connectivity index (χ1n) is 9.67. The van der Waals surface area contributed by atoms with Crippen LogP contribution in [0.25, 0.3) is 16.7 Å². The van der Waals surface area contributed by atoms with E-state index in [1.54, 1.807) is 16.8 Å². The number of hydrogen-bond acceptors (Lipinski definition) is 3. The fraction of sp³-hybridized carbons (Fsp3) is 0.217. The van der Waals surface area contributed by atoms with Gasteiger partial charge in [0, 0.05) is 23.2 Å². The third-order valence-corrected chi connectivity index (χ3v) is 5.68. The maximum Gasteiger partial charge on any atom is 0.258 e. The molecular weight excluding hydrogens is 386 g/mol. The highest BCUT2D eigenvalue weighted by Gasteiger charge is 2.36. The van der Waals surface area contributed by atoms with Crippen molar-refractivity contribution in [2.45, 2.75) is 25.9 Å². The van der Waals surface area contributed by atoms with E-state index in [-0.39, 0.29) is 5.56 Å². The predicted molar refractivity (Wildman–Crippen MR) is 114 cm³/mol. The Kier molecular flexibility index (Phi) is 4.40. The van der Waals surface area contributed by atoms with Crippen molar-refractivity contribution >= 4 is 22.6 Å². The first kappa shape index (κ1) is 18.0. The molecule has 0 bridgehead atoms. The van der Waals surface area contributed by atoms with Gasteiger partial charge >= 0.3 is 0 Å². The number of halogens is 1. The lowest BCUT2D eigenvalue weighted by Crippen LogP contribution is -2.16. The van der Waals surface area contributed by atoms with Crippen molar-refractivity contribution < 1.29 is 4.74 Å². The standard InChI is InChI=1S/C23H20ClN3O2/c1-14-10-19(14)23-25-20-7-6-17(11-21(20)26-23)27-9-8-18(12-22(27)28)29-13-15-2-4-16(24)5-3-15/h2-9,11-12,14,19H,10,13H2,1H3,(H,25,26). The highest BCUT2D eigenvalue weighted by molar-refractivity contribution is 6.30. The smallest absolute Gasteiger partial charge is 0.258 e. The molecule has 0 spiro atoms. The largest absolute Gasteiger partial charge is 0.489 e. The van der Waals surface area contributed by atoms with Gasteiger partial charge in [0.15, 0.2) is 0 Å². The van der Waals surface area contributed by atoms with E-state index in [1.807, 2.05) is 42.5 Å². The summed E-state index contributed by atoms with van der Waals surface area (Å²) in [5, 5.41) is 0.685. The number of hydrogen-bond donors (Lipinski definition) is 1. The molecule has 0 radical (unpaired) electrons. The molecule has 1 fully saturated rings.